The maximum absolute atomic E-state index is 10.4. The van der Waals surface area contributed by atoms with Gasteiger partial charge in [0.2, 0.25) is 0 Å². The molecule has 0 fully saturated rings. The molecule has 1 aromatic carbocycles. The predicted octanol–water partition coefficient (Wildman–Crippen LogP) is 3.70. The summed E-state index contributed by atoms with van der Waals surface area (Å²) in [6, 6.07) is 4.24. The van der Waals surface area contributed by atoms with Gasteiger partial charge < -0.3 is 9.84 Å². The van der Waals surface area contributed by atoms with E-state index in [0.717, 1.165) is 18.6 Å². The molecule has 3 heteroatoms. The molecule has 0 aliphatic heterocycles. The first-order valence-electron chi connectivity index (χ1n) is 6.52. The highest BCUT2D eigenvalue weighted by molar-refractivity contribution is 5.79. The van der Waals surface area contributed by atoms with Crippen LogP contribution in [0.4, 0.5) is 0 Å². The van der Waals surface area contributed by atoms with Crippen LogP contribution in [-0.4, -0.2) is 18.2 Å². The van der Waals surface area contributed by atoms with Crippen molar-refractivity contribution in [3.63, 3.8) is 0 Å². The van der Waals surface area contributed by atoms with Crippen molar-refractivity contribution in [2.45, 2.75) is 39.5 Å². The molecule has 0 saturated carbocycles. The first-order valence-corrected chi connectivity index (χ1v) is 6.52. The van der Waals surface area contributed by atoms with Gasteiger partial charge >= 0.3 is 5.97 Å². The van der Waals surface area contributed by atoms with E-state index in [0.29, 0.717) is 5.92 Å². The van der Waals surface area contributed by atoms with Crippen LogP contribution in [0, 0.1) is 6.92 Å². The molecule has 19 heavy (non-hydrogen) atoms. The SMILES string of the molecule is COc1cc(C)c(CC/C=C/C(=O)O)cc1C(C)C. The molecule has 0 aromatic heterocycles. The van der Waals surface area contributed by atoms with Gasteiger partial charge in [0, 0.05) is 6.08 Å². The molecule has 3 nitrogen and oxygen atoms in total. The Morgan fingerprint density at radius 1 is 1.42 bits per heavy atom. The van der Waals surface area contributed by atoms with Gasteiger partial charge in [-0.2, -0.15) is 0 Å². The highest BCUT2D eigenvalue weighted by Gasteiger charge is 2.10. The van der Waals surface area contributed by atoms with Crippen molar-refractivity contribution in [3.8, 4) is 5.75 Å². The maximum Gasteiger partial charge on any atom is 0.327 e. The summed E-state index contributed by atoms with van der Waals surface area (Å²) in [6.45, 7) is 6.34. The molecule has 0 unspecified atom stereocenters. The number of carboxylic acids is 1. The van der Waals surface area contributed by atoms with E-state index >= 15 is 0 Å². The molecule has 1 rings (SSSR count). The van der Waals surface area contributed by atoms with Crippen LogP contribution in [0.1, 0.15) is 42.9 Å². The maximum atomic E-state index is 10.4. The van der Waals surface area contributed by atoms with Crippen molar-refractivity contribution in [2.24, 2.45) is 0 Å². The summed E-state index contributed by atoms with van der Waals surface area (Å²) in [6.07, 6.45) is 4.47. The fraction of sp³-hybridized carbons (Fsp3) is 0.438. The highest BCUT2D eigenvalue weighted by atomic mass is 16.5. The molecule has 0 amide bonds. The summed E-state index contributed by atoms with van der Waals surface area (Å²) in [4.78, 5) is 10.4. The lowest BCUT2D eigenvalue weighted by Crippen LogP contribution is -1.99. The van der Waals surface area contributed by atoms with Crippen molar-refractivity contribution in [1.82, 2.24) is 0 Å². The molecular formula is C16H22O3. The first-order chi connectivity index (χ1) is 8.95. The summed E-state index contributed by atoms with van der Waals surface area (Å²) in [5.74, 6) is 0.440. The zero-order chi connectivity index (χ0) is 14.4. The molecule has 0 bridgehead atoms. The Bertz CT molecular complexity index is 473. The fourth-order valence-corrected chi connectivity index (χ4v) is 2.07. The van der Waals surface area contributed by atoms with E-state index < -0.39 is 5.97 Å². The van der Waals surface area contributed by atoms with Crippen LogP contribution in [0.15, 0.2) is 24.3 Å². The predicted molar refractivity (Wildman–Crippen MR) is 76.9 cm³/mol. The van der Waals surface area contributed by atoms with Crippen LogP contribution in [0.5, 0.6) is 5.75 Å². The Labute approximate surface area is 114 Å². The summed E-state index contributed by atoms with van der Waals surface area (Å²) < 4.78 is 5.41. The average Bonchev–Trinajstić information content (AvgIpc) is 2.34. The van der Waals surface area contributed by atoms with Gasteiger partial charge in [0.1, 0.15) is 5.75 Å². The van der Waals surface area contributed by atoms with Gasteiger partial charge in [0.15, 0.2) is 0 Å². The smallest absolute Gasteiger partial charge is 0.327 e. The number of ether oxygens (including phenoxy) is 1. The minimum absolute atomic E-state index is 0.406. The quantitative estimate of drug-likeness (QED) is 0.795. The van der Waals surface area contributed by atoms with E-state index in [9.17, 15) is 4.79 Å². The van der Waals surface area contributed by atoms with Crippen LogP contribution in [0.25, 0.3) is 0 Å². The van der Waals surface area contributed by atoms with Crippen LogP contribution in [0.2, 0.25) is 0 Å². The Hall–Kier alpha value is -1.77. The van der Waals surface area contributed by atoms with Crippen molar-refractivity contribution in [2.75, 3.05) is 7.11 Å². The number of aliphatic carboxylic acids is 1. The molecule has 0 spiro atoms. The number of allylic oxidation sites excluding steroid dienone is 1. The number of rotatable bonds is 6. The average molecular weight is 262 g/mol. The van der Waals surface area contributed by atoms with Crippen molar-refractivity contribution in [3.05, 3.63) is 41.0 Å². The molecule has 0 aliphatic carbocycles. The molecule has 104 valence electrons. The second-order valence-electron chi connectivity index (χ2n) is 4.95. The van der Waals surface area contributed by atoms with Crippen LogP contribution in [0.3, 0.4) is 0 Å². The van der Waals surface area contributed by atoms with E-state index in [1.807, 2.05) is 0 Å². The summed E-state index contributed by atoms with van der Waals surface area (Å²) >= 11 is 0. The van der Waals surface area contributed by atoms with E-state index in [2.05, 4.69) is 32.9 Å². The van der Waals surface area contributed by atoms with Crippen molar-refractivity contribution >= 4 is 5.97 Å². The van der Waals surface area contributed by atoms with Gasteiger partial charge in [-0.1, -0.05) is 26.0 Å². The third kappa shape index (κ3) is 4.43. The summed E-state index contributed by atoms with van der Waals surface area (Å²) in [5, 5.41) is 8.55. The van der Waals surface area contributed by atoms with Gasteiger partial charge in [0.05, 0.1) is 7.11 Å². The van der Waals surface area contributed by atoms with E-state index in [1.54, 1.807) is 13.2 Å². The number of carboxylic acid groups (broad SMARTS) is 1. The van der Waals surface area contributed by atoms with Crippen molar-refractivity contribution < 1.29 is 14.6 Å². The molecule has 0 saturated heterocycles. The van der Waals surface area contributed by atoms with E-state index in [4.69, 9.17) is 9.84 Å². The summed E-state index contributed by atoms with van der Waals surface area (Å²) in [5.41, 5.74) is 3.63. The Morgan fingerprint density at radius 3 is 2.63 bits per heavy atom. The number of methoxy groups -OCH3 is 1. The minimum Gasteiger partial charge on any atom is -0.496 e. The van der Waals surface area contributed by atoms with Crippen molar-refractivity contribution in [1.29, 1.82) is 0 Å². The van der Waals surface area contributed by atoms with E-state index in [-0.39, 0.29) is 0 Å². The Kier molecular flexibility index (Phi) is 5.61. The van der Waals surface area contributed by atoms with Crippen LogP contribution >= 0.6 is 0 Å². The lowest BCUT2D eigenvalue weighted by molar-refractivity contribution is -0.131. The van der Waals surface area contributed by atoms with Gasteiger partial charge in [-0.3, -0.25) is 0 Å². The number of benzene rings is 1. The molecule has 1 aromatic rings. The Balaban J connectivity index is 2.89. The largest absolute Gasteiger partial charge is 0.496 e. The lowest BCUT2D eigenvalue weighted by atomic mass is 9.94. The van der Waals surface area contributed by atoms with Crippen LogP contribution in [-0.2, 0) is 11.2 Å². The summed E-state index contributed by atoms with van der Waals surface area (Å²) in [7, 11) is 1.69. The minimum atomic E-state index is -0.894. The molecule has 0 aliphatic rings. The zero-order valence-corrected chi connectivity index (χ0v) is 12.1. The normalized spacial score (nSPS) is 11.2. The van der Waals surface area contributed by atoms with E-state index in [1.165, 1.54) is 22.8 Å². The topological polar surface area (TPSA) is 46.5 Å². The third-order valence-corrected chi connectivity index (χ3v) is 3.15. The molecular weight excluding hydrogens is 240 g/mol. The molecule has 0 atom stereocenters. The van der Waals surface area contributed by atoms with Crippen LogP contribution < -0.4 is 4.74 Å². The van der Waals surface area contributed by atoms with Gasteiger partial charge in [-0.25, -0.2) is 4.79 Å². The monoisotopic (exact) mass is 262 g/mol. The van der Waals surface area contributed by atoms with Gasteiger partial charge in [0.25, 0.3) is 0 Å². The fourth-order valence-electron chi connectivity index (χ4n) is 2.07. The zero-order valence-electron chi connectivity index (χ0n) is 12.1. The molecule has 0 heterocycles. The van der Waals surface area contributed by atoms with Gasteiger partial charge in [-0.05, 0) is 48.4 Å². The third-order valence-electron chi connectivity index (χ3n) is 3.15. The molecule has 1 N–H and O–H groups in total. The first kappa shape index (κ1) is 15.3. The second kappa shape index (κ2) is 6.98. The second-order valence-corrected chi connectivity index (χ2v) is 4.95. The number of hydrogen-bond acceptors (Lipinski definition) is 2. The molecule has 0 radical (unpaired) electrons. The van der Waals surface area contributed by atoms with Gasteiger partial charge in [-0.15, -0.1) is 0 Å². The number of carbonyl (C=O) groups is 1. The standard InChI is InChI=1S/C16H22O3/c1-11(2)14-10-13(7-5-6-8-16(17)18)12(3)9-15(14)19-4/h6,8-11H,5,7H2,1-4H3,(H,17,18)/b8-6+. The number of hydrogen-bond donors (Lipinski definition) is 1. The Morgan fingerprint density at radius 2 is 2.11 bits per heavy atom. The highest BCUT2D eigenvalue weighted by Crippen LogP contribution is 2.30. The lowest BCUT2D eigenvalue weighted by Gasteiger charge is -2.15. The number of aryl methyl sites for hydroxylation is 2.